The maximum atomic E-state index is 10.9. The fourth-order valence-electron chi connectivity index (χ4n) is 2.02. The Balaban J connectivity index is 1.65. The Morgan fingerprint density at radius 3 is 2.94 bits per heavy atom. The quantitative estimate of drug-likeness (QED) is 0.760. The van der Waals surface area contributed by atoms with Crippen LogP contribution in [0.15, 0.2) is 16.5 Å². The highest BCUT2D eigenvalue weighted by Crippen LogP contribution is 2.47. The molecule has 3 nitrogen and oxygen atoms in total. The Kier molecular flexibility index (Phi) is 4.40. The number of rotatable bonds is 7. The summed E-state index contributed by atoms with van der Waals surface area (Å²) in [6, 6.07) is 4.16. The van der Waals surface area contributed by atoms with Crippen LogP contribution in [0.2, 0.25) is 0 Å². The number of hydrogen-bond acceptors (Lipinski definition) is 3. The first-order valence-electron chi connectivity index (χ1n) is 6.26. The normalized spacial score (nSPS) is 24.8. The first-order chi connectivity index (χ1) is 8.16. The molecule has 1 aromatic heterocycles. The molecule has 0 radical (unpaired) electrons. The summed E-state index contributed by atoms with van der Waals surface area (Å²) in [5.74, 6) is 4.38. The van der Waals surface area contributed by atoms with E-state index in [9.17, 15) is 4.21 Å². The molecule has 1 aliphatic rings. The van der Waals surface area contributed by atoms with Gasteiger partial charge in [-0.15, -0.1) is 0 Å². The summed E-state index contributed by atoms with van der Waals surface area (Å²) >= 11 is 0. The van der Waals surface area contributed by atoms with Crippen LogP contribution in [0, 0.1) is 5.92 Å². The van der Waals surface area contributed by atoms with E-state index in [0.29, 0.717) is 5.92 Å². The molecule has 0 aliphatic heterocycles. The van der Waals surface area contributed by atoms with Crippen LogP contribution in [0.3, 0.4) is 0 Å². The molecule has 1 heterocycles. The van der Waals surface area contributed by atoms with E-state index in [2.05, 4.69) is 24.4 Å². The lowest BCUT2D eigenvalue weighted by Crippen LogP contribution is -2.16. The second-order valence-corrected chi connectivity index (χ2v) is 6.49. The van der Waals surface area contributed by atoms with Crippen molar-refractivity contribution < 1.29 is 8.63 Å². The summed E-state index contributed by atoms with van der Waals surface area (Å²) in [7, 11) is -0.675. The van der Waals surface area contributed by atoms with Gasteiger partial charge in [0, 0.05) is 28.7 Å². The van der Waals surface area contributed by atoms with Crippen molar-refractivity contribution >= 4 is 10.8 Å². The van der Waals surface area contributed by atoms with E-state index in [1.165, 1.54) is 6.42 Å². The van der Waals surface area contributed by atoms with Crippen molar-refractivity contribution in [2.45, 2.75) is 32.2 Å². The van der Waals surface area contributed by atoms with E-state index in [4.69, 9.17) is 4.42 Å². The van der Waals surface area contributed by atoms with Crippen LogP contribution in [-0.2, 0) is 17.3 Å². The van der Waals surface area contributed by atoms with E-state index < -0.39 is 10.8 Å². The minimum absolute atomic E-state index is 0.659. The number of hydrogen-bond donors (Lipinski definition) is 1. The van der Waals surface area contributed by atoms with Gasteiger partial charge >= 0.3 is 0 Å². The molecule has 4 heteroatoms. The van der Waals surface area contributed by atoms with Crippen LogP contribution in [0.4, 0.5) is 0 Å². The molecule has 2 rings (SSSR count). The molecule has 0 aromatic carbocycles. The smallest absolute Gasteiger partial charge is 0.117 e. The molecule has 0 amide bonds. The van der Waals surface area contributed by atoms with Gasteiger partial charge in [0.2, 0.25) is 0 Å². The van der Waals surface area contributed by atoms with E-state index in [0.717, 1.165) is 42.7 Å². The topological polar surface area (TPSA) is 42.2 Å². The third-order valence-corrected chi connectivity index (χ3v) is 4.11. The average Bonchev–Trinajstić information content (AvgIpc) is 2.83. The van der Waals surface area contributed by atoms with Crippen molar-refractivity contribution in [3.8, 4) is 0 Å². The van der Waals surface area contributed by atoms with Gasteiger partial charge in [0.05, 0.1) is 6.54 Å². The summed E-state index contributed by atoms with van der Waals surface area (Å²) in [5.41, 5.74) is 0. The molecular weight excluding hydrogens is 234 g/mol. The third-order valence-electron chi connectivity index (χ3n) is 3.24. The van der Waals surface area contributed by atoms with Gasteiger partial charge in [0.15, 0.2) is 0 Å². The lowest BCUT2D eigenvalue weighted by Gasteiger charge is -2.01. The zero-order valence-corrected chi connectivity index (χ0v) is 11.4. The Morgan fingerprint density at radius 1 is 1.53 bits per heavy atom. The molecule has 17 heavy (non-hydrogen) atoms. The van der Waals surface area contributed by atoms with Gasteiger partial charge in [-0.1, -0.05) is 6.92 Å². The number of furan rings is 1. The molecule has 3 unspecified atom stereocenters. The maximum absolute atomic E-state index is 10.9. The molecule has 0 spiro atoms. The molecule has 3 atom stereocenters. The standard InChI is InChI=1S/C13H21NO2S/c1-10-8-12(10)13-5-4-11(16-13)9-14-6-3-7-17(2)15/h4-5,10,12,14H,3,6-9H2,1-2H3. The lowest BCUT2D eigenvalue weighted by molar-refractivity contribution is 0.444. The van der Waals surface area contributed by atoms with Crippen LogP contribution in [0.1, 0.15) is 37.2 Å². The average molecular weight is 255 g/mol. The van der Waals surface area contributed by atoms with E-state index in [1.807, 2.05) is 0 Å². The summed E-state index contributed by atoms with van der Waals surface area (Å²) in [5, 5.41) is 3.31. The summed E-state index contributed by atoms with van der Waals surface area (Å²) in [4.78, 5) is 0. The monoisotopic (exact) mass is 255 g/mol. The largest absolute Gasteiger partial charge is 0.464 e. The van der Waals surface area contributed by atoms with Gasteiger partial charge in [-0.05, 0) is 37.4 Å². The zero-order chi connectivity index (χ0) is 12.3. The molecule has 0 bridgehead atoms. The summed E-state index contributed by atoms with van der Waals surface area (Å²) in [6.07, 6.45) is 3.97. The van der Waals surface area contributed by atoms with Gasteiger partial charge in [0.25, 0.3) is 0 Å². The Labute approximate surface area is 105 Å². The Hall–Kier alpha value is -0.610. The third kappa shape index (κ3) is 3.96. The lowest BCUT2D eigenvalue weighted by atomic mass is 10.3. The molecule has 1 saturated carbocycles. The van der Waals surface area contributed by atoms with Gasteiger partial charge in [0.1, 0.15) is 11.5 Å². The Bertz CT molecular complexity index is 389. The zero-order valence-electron chi connectivity index (χ0n) is 10.6. The molecule has 1 fully saturated rings. The predicted molar refractivity (Wildman–Crippen MR) is 70.5 cm³/mol. The van der Waals surface area contributed by atoms with Crippen molar-refractivity contribution in [3.05, 3.63) is 23.7 Å². The second-order valence-electron chi connectivity index (χ2n) is 4.93. The Morgan fingerprint density at radius 2 is 2.29 bits per heavy atom. The van der Waals surface area contributed by atoms with Crippen LogP contribution in [0.5, 0.6) is 0 Å². The van der Waals surface area contributed by atoms with Crippen molar-refractivity contribution in [2.24, 2.45) is 5.92 Å². The van der Waals surface area contributed by atoms with Crippen molar-refractivity contribution in [2.75, 3.05) is 18.6 Å². The SMILES string of the molecule is CC1CC1c1ccc(CNCCCS(C)=O)o1. The van der Waals surface area contributed by atoms with Gasteiger partial charge < -0.3 is 9.73 Å². The van der Waals surface area contributed by atoms with Gasteiger partial charge in [-0.25, -0.2) is 0 Å². The predicted octanol–water partition coefficient (Wildman–Crippen LogP) is 2.26. The molecule has 1 aliphatic carbocycles. The fraction of sp³-hybridized carbons (Fsp3) is 0.692. The first kappa shape index (κ1) is 12.8. The second kappa shape index (κ2) is 5.83. The minimum atomic E-state index is -0.675. The molecule has 1 aromatic rings. The molecule has 0 saturated heterocycles. The van der Waals surface area contributed by atoms with E-state index in [1.54, 1.807) is 6.26 Å². The minimum Gasteiger partial charge on any atom is -0.464 e. The molecule has 1 N–H and O–H groups in total. The van der Waals surface area contributed by atoms with E-state index >= 15 is 0 Å². The molecule has 96 valence electrons. The van der Waals surface area contributed by atoms with Crippen molar-refractivity contribution in [3.63, 3.8) is 0 Å². The van der Waals surface area contributed by atoms with Crippen molar-refractivity contribution in [1.29, 1.82) is 0 Å². The van der Waals surface area contributed by atoms with Crippen molar-refractivity contribution in [1.82, 2.24) is 5.32 Å². The van der Waals surface area contributed by atoms with Crippen LogP contribution in [-0.4, -0.2) is 22.8 Å². The first-order valence-corrected chi connectivity index (χ1v) is 7.99. The maximum Gasteiger partial charge on any atom is 0.117 e. The highest BCUT2D eigenvalue weighted by atomic mass is 32.2. The molecular formula is C13H21NO2S. The van der Waals surface area contributed by atoms with Crippen LogP contribution < -0.4 is 5.32 Å². The van der Waals surface area contributed by atoms with E-state index in [-0.39, 0.29) is 0 Å². The highest BCUT2D eigenvalue weighted by molar-refractivity contribution is 7.84. The van der Waals surface area contributed by atoms with Crippen LogP contribution in [0.25, 0.3) is 0 Å². The summed E-state index contributed by atoms with van der Waals surface area (Å²) in [6.45, 7) is 3.93. The van der Waals surface area contributed by atoms with Gasteiger partial charge in [-0.3, -0.25) is 4.21 Å². The van der Waals surface area contributed by atoms with Crippen LogP contribution >= 0.6 is 0 Å². The fourth-order valence-corrected chi connectivity index (χ4v) is 2.57. The highest BCUT2D eigenvalue weighted by Gasteiger charge is 2.36. The van der Waals surface area contributed by atoms with Gasteiger partial charge in [-0.2, -0.15) is 0 Å². The number of nitrogens with one attached hydrogen (secondary N) is 1. The summed E-state index contributed by atoms with van der Waals surface area (Å²) < 4.78 is 16.6.